The van der Waals surface area contributed by atoms with Crippen LogP contribution < -0.4 is 4.90 Å². The number of aromatic nitrogens is 2. The molecule has 1 aromatic carbocycles. The van der Waals surface area contributed by atoms with Crippen LogP contribution in [-0.2, 0) is 6.54 Å². The molecule has 0 saturated heterocycles. The zero-order chi connectivity index (χ0) is 14.4. The second-order valence-corrected chi connectivity index (χ2v) is 4.51. The number of nitrogens with zero attached hydrogens (tertiary/aromatic N) is 3. The fourth-order valence-corrected chi connectivity index (χ4v) is 2.08. The van der Waals surface area contributed by atoms with Gasteiger partial charge in [-0.15, -0.1) is 0 Å². The Kier molecular flexibility index (Phi) is 5.03. The lowest BCUT2D eigenvalue weighted by Gasteiger charge is -2.24. The minimum Gasteiger partial charge on any atom is -0.395 e. The highest BCUT2D eigenvalue weighted by molar-refractivity contribution is 6.32. The third-order valence-electron chi connectivity index (χ3n) is 2.82. The molecule has 1 heterocycles. The number of aldehydes is 1. The van der Waals surface area contributed by atoms with E-state index in [0.717, 1.165) is 5.56 Å². The zero-order valence-corrected chi connectivity index (χ0v) is 11.5. The molecule has 104 valence electrons. The van der Waals surface area contributed by atoms with Crippen molar-refractivity contribution in [1.29, 1.82) is 0 Å². The Balaban J connectivity index is 2.33. The molecule has 2 rings (SSSR count). The lowest BCUT2D eigenvalue weighted by molar-refractivity contribution is 0.112. The molecule has 0 aliphatic rings. The highest BCUT2D eigenvalue weighted by atomic mass is 35.5. The van der Waals surface area contributed by atoms with E-state index in [-0.39, 0.29) is 17.3 Å². The minimum absolute atomic E-state index is 0.0489. The molecule has 1 N–H and O–H groups in total. The monoisotopic (exact) mass is 291 g/mol. The molecule has 0 bridgehead atoms. The van der Waals surface area contributed by atoms with E-state index in [1.165, 1.54) is 6.33 Å². The number of halogens is 1. The number of hydrogen-bond donors (Lipinski definition) is 1. The maximum atomic E-state index is 11.2. The van der Waals surface area contributed by atoms with Crippen LogP contribution in [0.5, 0.6) is 0 Å². The molecule has 20 heavy (non-hydrogen) atoms. The number of aliphatic hydroxyl groups is 1. The maximum Gasteiger partial charge on any atom is 0.156 e. The van der Waals surface area contributed by atoms with E-state index >= 15 is 0 Å². The van der Waals surface area contributed by atoms with Crippen molar-refractivity contribution in [2.75, 3.05) is 18.1 Å². The Labute approximate surface area is 121 Å². The fraction of sp³-hybridized carbons (Fsp3) is 0.214. The van der Waals surface area contributed by atoms with Crippen molar-refractivity contribution in [3.63, 3.8) is 0 Å². The average Bonchev–Trinajstić information content (AvgIpc) is 2.47. The summed E-state index contributed by atoms with van der Waals surface area (Å²) in [5.41, 5.74) is 1.28. The van der Waals surface area contributed by atoms with E-state index in [1.54, 1.807) is 4.90 Å². The summed E-state index contributed by atoms with van der Waals surface area (Å²) in [4.78, 5) is 20.9. The number of anilines is 1. The highest BCUT2D eigenvalue weighted by Crippen LogP contribution is 2.22. The van der Waals surface area contributed by atoms with Crippen molar-refractivity contribution in [1.82, 2.24) is 9.97 Å². The van der Waals surface area contributed by atoms with Gasteiger partial charge in [0, 0.05) is 13.1 Å². The van der Waals surface area contributed by atoms with Crippen LogP contribution in [0, 0.1) is 0 Å². The first kappa shape index (κ1) is 14.4. The Morgan fingerprint density at radius 1 is 1.25 bits per heavy atom. The van der Waals surface area contributed by atoms with Crippen molar-refractivity contribution >= 4 is 23.7 Å². The molecule has 2 aromatic rings. The largest absolute Gasteiger partial charge is 0.395 e. The van der Waals surface area contributed by atoms with Gasteiger partial charge in [0.1, 0.15) is 17.3 Å². The van der Waals surface area contributed by atoms with E-state index < -0.39 is 0 Å². The van der Waals surface area contributed by atoms with E-state index in [4.69, 9.17) is 11.6 Å². The van der Waals surface area contributed by atoms with Gasteiger partial charge in [-0.1, -0.05) is 41.9 Å². The van der Waals surface area contributed by atoms with Crippen LogP contribution >= 0.6 is 11.6 Å². The summed E-state index contributed by atoms with van der Waals surface area (Å²) < 4.78 is 0. The molecule has 0 radical (unpaired) electrons. The normalized spacial score (nSPS) is 10.3. The Morgan fingerprint density at radius 3 is 2.65 bits per heavy atom. The van der Waals surface area contributed by atoms with Crippen molar-refractivity contribution in [3.8, 4) is 0 Å². The van der Waals surface area contributed by atoms with Crippen molar-refractivity contribution in [2.24, 2.45) is 0 Å². The first-order valence-corrected chi connectivity index (χ1v) is 6.49. The van der Waals surface area contributed by atoms with Crippen molar-refractivity contribution in [2.45, 2.75) is 6.54 Å². The van der Waals surface area contributed by atoms with Gasteiger partial charge in [0.15, 0.2) is 6.29 Å². The summed E-state index contributed by atoms with van der Waals surface area (Å²) in [5.74, 6) is 0.429. The maximum absolute atomic E-state index is 11.2. The zero-order valence-electron chi connectivity index (χ0n) is 10.7. The van der Waals surface area contributed by atoms with Crippen LogP contribution in [0.2, 0.25) is 5.15 Å². The summed E-state index contributed by atoms with van der Waals surface area (Å²) in [5, 5.41) is 9.31. The summed E-state index contributed by atoms with van der Waals surface area (Å²) in [6.45, 7) is 0.825. The molecule has 0 atom stereocenters. The minimum atomic E-state index is -0.0489. The Hall–Kier alpha value is -1.98. The van der Waals surface area contributed by atoms with Gasteiger partial charge in [0.25, 0.3) is 0 Å². The van der Waals surface area contributed by atoms with E-state index in [9.17, 15) is 9.90 Å². The second-order valence-electron chi connectivity index (χ2n) is 4.15. The van der Waals surface area contributed by atoms with Crippen LogP contribution in [0.25, 0.3) is 0 Å². The van der Waals surface area contributed by atoms with Crippen molar-refractivity contribution in [3.05, 3.63) is 52.9 Å². The highest BCUT2D eigenvalue weighted by Gasteiger charge is 2.16. The van der Waals surface area contributed by atoms with Gasteiger partial charge >= 0.3 is 0 Å². The molecule has 0 spiro atoms. The Bertz CT molecular complexity index is 578. The molecule has 5 nitrogen and oxygen atoms in total. The predicted octanol–water partition coefficient (Wildman–Crippen LogP) is 1.94. The first-order valence-electron chi connectivity index (χ1n) is 6.11. The van der Waals surface area contributed by atoms with Crippen LogP contribution in [0.15, 0.2) is 36.7 Å². The molecular formula is C14H14ClN3O2. The number of carbonyl (C=O) groups is 1. The molecule has 1 aromatic heterocycles. The van der Waals surface area contributed by atoms with Gasteiger partial charge in [-0.3, -0.25) is 4.79 Å². The molecule has 0 unspecified atom stereocenters. The molecule has 0 fully saturated rings. The quantitative estimate of drug-likeness (QED) is 0.651. The smallest absolute Gasteiger partial charge is 0.156 e. The topological polar surface area (TPSA) is 66.3 Å². The number of rotatable bonds is 6. The summed E-state index contributed by atoms with van der Waals surface area (Å²) in [6, 6.07) is 9.72. The van der Waals surface area contributed by atoms with Gasteiger partial charge in [-0.05, 0) is 5.56 Å². The van der Waals surface area contributed by atoms with E-state index in [0.29, 0.717) is 25.2 Å². The van der Waals surface area contributed by atoms with Crippen molar-refractivity contribution < 1.29 is 9.90 Å². The SMILES string of the molecule is O=Cc1c(Cl)ncnc1N(CCO)Cc1ccccc1. The molecule has 0 aliphatic carbocycles. The van der Waals surface area contributed by atoms with Crippen LogP contribution in [0.3, 0.4) is 0 Å². The average molecular weight is 292 g/mol. The first-order chi connectivity index (χ1) is 9.76. The molecule has 0 amide bonds. The Morgan fingerprint density at radius 2 is 2.00 bits per heavy atom. The number of benzene rings is 1. The van der Waals surface area contributed by atoms with E-state index in [1.807, 2.05) is 30.3 Å². The predicted molar refractivity (Wildman–Crippen MR) is 77.0 cm³/mol. The molecular weight excluding hydrogens is 278 g/mol. The number of hydrogen-bond acceptors (Lipinski definition) is 5. The lowest BCUT2D eigenvalue weighted by Crippen LogP contribution is -2.28. The fourth-order valence-electron chi connectivity index (χ4n) is 1.90. The van der Waals surface area contributed by atoms with Gasteiger partial charge < -0.3 is 10.0 Å². The van der Waals surface area contributed by atoms with Crippen LogP contribution in [-0.4, -0.2) is 34.5 Å². The second kappa shape index (κ2) is 6.98. The van der Waals surface area contributed by atoms with Gasteiger partial charge in [0.2, 0.25) is 0 Å². The summed E-state index contributed by atoms with van der Waals surface area (Å²) in [7, 11) is 0. The standard InChI is InChI=1S/C14H14ClN3O2/c15-13-12(9-20)14(17-10-16-13)18(6-7-19)8-11-4-2-1-3-5-11/h1-5,9-10,19H,6-8H2. The van der Waals surface area contributed by atoms with E-state index in [2.05, 4.69) is 9.97 Å². The third-order valence-corrected chi connectivity index (χ3v) is 3.12. The lowest BCUT2D eigenvalue weighted by atomic mass is 10.2. The summed E-state index contributed by atoms with van der Waals surface area (Å²) in [6.07, 6.45) is 1.94. The van der Waals surface area contributed by atoms with Gasteiger partial charge in [-0.25, -0.2) is 9.97 Å². The molecule has 0 saturated carbocycles. The third kappa shape index (κ3) is 3.31. The van der Waals surface area contributed by atoms with Crippen LogP contribution in [0.1, 0.15) is 15.9 Å². The molecule has 0 aliphatic heterocycles. The van der Waals surface area contributed by atoms with Gasteiger partial charge in [-0.2, -0.15) is 0 Å². The van der Waals surface area contributed by atoms with Crippen LogP contribution in [0.4, 0.5) is 5.82 Å². The number of carbonyl (C=O) groups excluding carboxylic acids is 1. The summed E-state index contributed by atoms with van der Waals surface area (Å²) >= 11 is 5.91. The number of aliphatic hydroxyl groups excluding tert-OH is 1. The molecule has 6 heteroatoms. The van der Waals surface area contributed by atoms with Gasteiger partial charge in [0.05, 0.1) is 12.2 Å².